The summed E-state index contributed by atoms with van der Waals surface area (Å²) in [5.41, 5.74) is -0.255. The van der Waals surface area contributed by atoms with Crippen molar-refractivity contribution in [1.29, 1.82) is 0 Å². The van der Waals surface area contributed by atoms with Gasteiger partial charge in [0, 0.05) is 18.3 Å². The first-order valence-corrected chi connectivity index (χ1v) is 6.79. The second kappa shape index (κ2) is 6.54. The van der Waals surface area contributed by atoms with Gasteiger partial charge >= 0.3 is 6.18 Å². The van der Waals surface area contributed by atoms with Crippen molar-refractivity contribution in [1.82, 2.24) is 4.98 Å². The van der Waals surface area contributed by atoms with Gasteiger partial charge in [0.15, 0.2) is 5.82 Å². The predicted molar refractivity (Wildman–Crippen MR) is 81.7 cm³/mol. The molecule has 8 heteroatoms. The fourth-order valence-electron chi connectivity index (χ4n) is 1.66. The highest BCUT2D eigenvalue weighted by Crippen LogP contribution is 2.36. The Hall–Kier alpha value is -1.79. The molecule has 0 fully saturated rings. The summed E-state index contributed by atoms with van der Waals surface area (Å²) in [5, 5.41) is 5.46. The molecule has 0 N–H and O–H groups in total. The van der Waals surface area contributed by atoms with E-state index in [-0.39, 0.29) is 10.8 Å². The van der Waals surface area contributed by atoms with Crippen LogP contribution in [0.3, 0.4) is 0 Å². The number of alkyl halides is 3. The molecular weight excluding hydrogens is 338 g/mol. The topological polar surface area (TPSA) is 28.5 Å². The summed E-state index contributed by atoms with van der Waals surface area (Å²) in [6, 6.07) is 7.52. The molecule has 0 aliphatic rings. The molecule has 0 bridgehead atoms. The molecule has 2 aromatic rings. The Morgan fingerprint density at radius 2 is 1.77 bits per heavy atom. The molecule has 0 saturated heterocycles. The van der Waals surface area contributed by atoms with Crippen LogP contribution in [0, 0.1) is 0 Å². The zero-order valence-electron chi connectivity index (χ0n) is 11.3. The highest BCUT2D eigenvalue weighted by molar-refractivity contribution is 6.30. The average molecular weight is 348 g/mol. The van der Waals surface area contributed by atoms with E-state index in [4.69, 9.17) is 23.2 Å². The van der Waals surface area contributed by atoms with Crippen LogP contribution in [0.15, 0.2) is 41.6 Å². The number of benzene rings is 1. The molecule has 1 aromatic carbocycles. The van der Waals surface area contributed by atoms with Gasteiger partial charge in [-0.25, -0.2) is 4.98 Å². The summed E-state index contributed by atoms with van der Waals surface area (Å²) < 4.78 is 39.0. The molecule has 3 nitrogen and oxygen atoms in total. The van der Waals surface area contributed by atoms with Gasteiger partial charge in [-0.3, -0.25) is 5.01 Å². The number of aromatic nitrogens is 1. The number of nitrogens with zero attached hydrogens (tertiary/aromatic N) is 3. The number of rotatable bonds is 3. The first kappa shape index (κ1) is 16.6. The number of halogens is 5. The van der Waals surface area contributed by atoms with Crippen LogP contribution in [0.4, 0.5) is 19.0 Å². The Labute approximate surface area is 135 Å². The third kappa shape index (κ3) is 4.11. The Balaban J connectivity index is 2.29. The van der Waals surface area contributed by atoms with Crippen LogP contribution in [0.1, 0.15) is 11.1 Å². The molecule has 116 valence electrons. The van der Waals surface area contributed by atoms with Crippen molar-refractivity contribution in [3.05, 3.63) is 57.7 Å². The minimum atomic E-state index is -4.57. The molecule has 1 aromatic heterocycles. The molecule has 0 saturated carbocycles. The molecule has 0 radical (unpaired) electrons. The molecule has 0 amide bonds. The molecule has 0 unspecified atom stereocenters. The molecule has 0 atom stereocenters. The lowest BCUT2D eigenvalue weighted by atomic mass is 10.2. The molecule has 0 spiro atoms. The van der Waals surface area contributed by atoms with E-state index >= 15 is 0 Å². The number of hydrazone groups is 1. The standard InChI is InChI=1S/C14H10Cl2F3N3/c1-22(21-7-9-2-4-10(15)5-3-9)13-12(14(17,18)19)6-11(16)8-20-13/h2-8H,1H3/b21-7-. The largest absolute Gasteiger partial charge is 0.420 e. The Bertz CT molecular complexity index is 685. The third-order valence-electron chi connectivity index (χ3n) is 2.70. The zero-order valence-corrected chi connectivity index (χ0v) is 12.8. The van der Waals surface area contributed by atoms with Crippen LogP contribution in [-0.4, -0.2) is 18.2 Å². The number of hydrogen-bond acceptors (Lipinski definition) is 3. The molecule has 22 heavy (non-hydrogen) atoms. The smallest absolute Gasteiger partial charge is 0.251 e. The number of pyridine rings is 1. The van der Waals surface area contributed by atoms with Crippen LogP contribution >= 0.6 is 23.2 Å². The van der Waals surface area contributed by atoms with E-state index in [0.717, 1.165) is 17.3 Å². The summed E-state index contributed by atoms with van der Waals surface area (Å²) in [6.07, 6.45) is -2.02. The van der Waals surface area contributed by atoms with Gasteiger partial charge in [0.2, 0.25) is 0 Å². The summed E-state index contributed by atoms with van der Waals surface area (Å²) >= 11 is 11.3. The van der Waals surface area contributed by atoms with E-state index < -0.39 is 11.7 Å². The fraction of sp³-hybridized carbons (Fsp3) is 0.143. The maximum atomic E-state index is 13.0. The Morgan fingerprint density at radius 1 is 1.14 bits per heavy atom. The van der Waals surface area contributed by atoms with Gasteiger partial charge in [-0.15, -0.1) is 0 Å². The second-order valence-corrected chi connectivity index (χ2v) is 5.22. The first-order chi connectivity index (χ1) is 10.3. The summed E-state index contributed by atoms with van der Waals surface area (Å²) in [6.45, 7) is 0. The lowest BCUT2D eigenvalue weighted by molar-refractivity contribution is -0.137. The predicted octanol–water partition coefficient (Wildman–Crippen LogP) is 4.88. The Kier molecular flexibility index (Phi) is 4.93. The van der Waals surface area contributed by atoms with Gasteiger partial charge in [0.1, 0.15) is 5.56 Å². The minimum Gasteiger partial charge on any atom is -0.251 e. The van der Waals surface area contributed by atoms with E-state index in [2.05, 4.69) is 10.1 Å². The van der Waals surface area contributed by atoms with Gasteiger partial charge in [-0.2, -0.15) is 18.3 Å². The van der Waals surface area contributed by atoms with Gasteiger partial charge in [-0.1, -0.05) is 35.3 Å². The quantitative estimate of drug-likeness (QED) is 0.584. The van der Waals surface area contributed by atoms with Crippen LogP contribution in [0.25, 0.3) is 0 Å². The third-order valence-corrected chi connectivity index (χ3v) is 3.15. The lowest BCUT2D eigenvalue weighted by Gasteiger charge is -2.17. The SMILES string of the molecule is CN(/N=C\c1ccc(Cl)cc1)c1ncc(Cl)cc1C(F)(F)F. The second-order valence-electron chi connectivity index (χ2n) is 4.34. The minimum absolute atomic E-state index is 0.0915. The summed E-state index contributed by atoms with van der Waals surface area (Å²) in [7, 11) is 1.37. The fourth-order valence-corrected chi connectivity index (χ4v) is 1.94. The maximum Gasteiger partial charge on any atom is 0.420 e. The average Bonchev–Trinajstić information content (AvgIpc) is 2.45. The molecule has 0 aliphatic heterocycles. The molecule has 0 aliphatic carbocycles. The van der Waals surface area contributed by atoms with Crippen LogP contribution in [-0.2, 0) is 6.18 Å². The summed E-state index contributed by atoms with van der Waals surface area (Å²) in [5.74, 6) is -0.331. The highest BCUT2D eigenvalue weighted by atomic mass is 35.5. The van der Waals surface area contributed by atoms with Crippen molar-refractivity contribution < 1.29 is 13.2 Å². The van der Waals surface area contributed by atoms with E-state index in [0.29, 0.717) is 10.6 Å². The highest BCUT2D eigenvalue weighted by Gasteiger charge is 2.35. The monoisotopic (exact) mass is 347 g/mol. The number of anilines is 1. The van der Waals surface area contributed by atoms with E-state index in [1.807, 2.05) is 0 Å². The van der Waals surface area contributed by atoms with E-state index in [1.54, 1.807) is 24.3 Å². The van der Waals surface area contributed by atoms with E-state index in [1.165, 1.54) is 13.3 Å². The van der Waals surface area contributed by atoms with E-state index in [9.17, 15) is 13.2 Å². The van der Waals surface area contributed by atoms with Crippen LogP contribution in [0.2, 0.25) is 10.0 Å². The van der Waals surface area contributed by atoms with Crippen molar-refractivity contribution >= 4 is 35.2 Å². The van der Waals surface area contributed by atoms with Crippen molar-refractivity contribution in [2.75, 3.05) is 12.1 Å². The lowest BCUT2D eigenvalue weighted by Crippen LogP contribution is -2.18. The van der Waals surface area contributed by atoms with Gasteiger partial charge in [-0.05, 0) is 23.8 Å². The van der Waals surface area contributed by atoms with Crippen LogP contribution in [0.5, 0.6) is 0 Å². The summed E-state index contributed by atoms with van der Waals surface area (Å²) in [4.78, 5) is 3.71. The molecule has 1 heterocycles. The van der Waals surface area contributed by atoms with Crippen molar-refractivity contribution in [3.63, 3.8) is 0 Å². The molecule has 2 rings (SSSR count). The van der Waals surface area contributed by atoms with Crippen molar-refractivity contribution in [3.8, 4) is 0 Å². The van der Waals surface area contributed by atoms with Gasteiger partial charge in [0.05, 0.1) is 11.2 Å². The Morgan fingerprint density at radius 3 is 2.36 bits per heavy atom. The van der Waals surface area contributed by atoms with Crippen molar-refractivity contribution in [2.45, 2.75) is 6.18 Å². The normalized spacial score (nSPS) is 11.9. The molecular formula is C14H10Cl2F3N3. The van der Waals surface area contributed by atoms with Gasteiger partial charge < -0.3 is 0 Å². The van der Waals surface area contributed by atoms with Crippen LogP contribution < -0.4 is 5.01 Å². The van der Waals surface area contributed by atoms with Crippen molar-refractivity contribution in [2.24, 2.45) is 5.10 Å². The maximum absolute atomic E-state index is 13.0. The number of hydrogen-bond donors (Lipinski definition) is 0. The zero-order chi connectivity index (χ0) is 16.3. The van der Waals surface area contributed by atoms with Gasteiger partial charge in [0.25, 0.3) is 0 Å². The first-order valence-electron chi connectivity index (χ1n) is 6.03.